The molecule has 1 aliphatic rings. The molecule has 7 nitrogen and oxygen atoms in total. The van der Waals surface area contributed by atoms with Crippen LogP contribution in [0.2, 0.25) is 0 Å². The summed E-state index contributed by atoms with van der Waals surface area (Å²) < 4.78 is 6.95. The molecule has 1 saturated heterocycles. The molecule has 2 aromatic carbocycles. The van der Waals surface area contributed by atoms with E-state index in [0.29, 0.717) is 17.1 Å². The Morgan fingerprint density at radius 3 is 2.28 bits per heavy atom. The van der Waals surface area contributed by atoms with E-state index >= 15 is 0 Å². The number of aromatic nitrogens is 1. The second-order valence-electron chi connectivity index (χ2n) is 6.29. The summed E-state index contributed by atoms with van der Waals surface area (Å²) in [5.41, 5.74) is 1.73. The van der Waals surface area contributed by atoms with Gasteiger partial charge in [-0.2, -0.15) is 0 Å². The van der Waals surface area contributed by atoms with Gasteiger partial charge in [-0.25, -0.2) is 9.69 Å². The Labute approximate surface area is 166 Å². The van der Waals surface area contributed by atoms with Crippen LogP contribution in [0.25, 0.3) is 11.8 Å². The maximum atomic E-state index is 13.0. The SMILES string of the molecule is COc1ccc(N2C(=O)NC(=O)C(=Cc3cccn3-c3ccccc3)C2=O)cc1. The first-order chi connectivity index (χ1) is 14.1. The summed E-state index contributed by atoms with van der Waals surface area (Å²) in [6.45, 7) is 0. The van der Waals surface area contributed by atoms with Crippen molar-refractivity contribution < 1.29 is 19.1 Å². The normalized spacial score (nSPS) is 15.6. The summed E-state index contributed by atoms with van der Waals surface area (Å²) in [5, 5.41) is 2.23. The van der Waals surface area contributed by atoms with Crippen molar-refractivity contribution in [3.8, 4) is 11.4 Å². The predicted octanol–water partition coefficient (Wildman–Crippen LogP) is 3.15. The highest BCUT2D eigenvalue weighted by Crippen LogP contribution is 2.24. The molecule has 7 heteroatoms. The molecule has 2 heterocycles. The number of benzene rings is 2. The highest BCUT2D eigenvalue weighted by atomic mass is 16.5. The fourth-order valence-electron chi connectivity index (χ4n) is 3.11. The van der Waals surface area contributed by atoms with E-state index in [-0.39, 0.29) is 5.57 Å². The lowest BCUT2D eigenvalue weighted by molar-refractivity contribution is -0.122. The van der Waals surface area contributed by atoms with E-state index in [2.05, 4.69) is 5.32 Å². The minimum absolute atomic E-state index is 0.128. The van der Waals surface area contributed by atoms with Crippen molar-refractivity contribution in [2.45, 2.75) is 0 Å². The van der Waals surface area contributed by atoms with Crippen LogP contribution in [-0.4, -0.2) is 29.5 Å². The Bertz CT molecular complexity index is 1110. The molecule has 4 amide bonds. The number of amides is 4. The average Bonchev–Trinajstić information content (AvgIpc) is 3.20. The molecule has 144 valence electrons. The number of barbiturate groups is 1. The summed E-state index contributed by atoms with van der Waals surface area (Å²) in [6.07, 6.45) is 3.31. The largest absolute Gasteiger partial charge is 0.497 e. The lowest BCUT2D eigenvalue weighted by Crippen LogP contribution is -2.54. The number of hydrogen-bond acceptors (Lipinski definition) is 4. The molecule has 4 rings (SSSR count). The molecule has 1 fully saturated rings. The zero-order valence-corrected chi connectivity index (χ0v) is 15.5. The van der Waals surface area contributed by atoms with Crippen LogP contribution in [0.1, 0.15) is 5.69 Å². The predicted molar refractivity (Wildman–Crippen MR) is 108 cm³/mol. The van der Waals surface area contributed by atoms with Crippen molar-refractivity contribution in [1.29, 1.82) is 0 Å². The first-order valence-corrected chi connectivity index (χ1v) is 8.87. The van der Waals surface area contributed by atoms with Crippen LogP contribution in [0.3, 0.4) is 0 Å². The number of nitrogens with one attached hydrogen (secondary N) is 1. The van der Waals surface area contributed by atoms with Crippen molar-refractivity contribution in [1.82, 2.24) is 9.88 Å². The van der Waals surface area contributed by atoms with Crippen LogP contribution in [0.5, 0.6) is 5.75 Å². The van der Waals surface area contributed by atoms with Crippen LogP contribution in [-0.2, 0) is 9.59 Å². The monoisotopic (exact) mass is 387 g/mol. The molecule has 1 aliphatic heterocycles. The Kier molecular flexibility index (Phi) is 4.70. The van der Waals surface area contributed by atoms with E-state index in [1.54, 1.807) is 30.3 Å². The molecule has 0 bridgehead atoms. The van der Waals surface area contributed by atoms with Gasteiger partial charge in [0.15, 0.2) is 0 Å². The van der Waals surface area contributed by atoms with E-state index in [0.717, 1.165) is 10.6 Å². The van der Waals surface area contributed by atoms with Gasteiger partial charge in [0.1, 0.15) is 11.3 Å². The fraction of sp³-hybridized carbons (Fsp3) is 0.0455. The van der Waals surface area contributed by atoms with E-state index in [1.807, 2.05) is 47.2 Å². The number of hydrogen-bond donors (Lipinski definition) is 1. The lowest BCUT2D eigenvalue weighted by Gasteiger charge is -2.26. The first-order valence-electron chi connectivity index (χ1n) is 8.87. The molecule has 1 aromatic heterocycles. The van der Waals surface area contributed by atoms with E-state index in [4.69, 9.17) is 4.74 Å². The van der Waals surface area contributed by atoms with Gasteiger partial charge in [0, 0.05) is 17.6 Å². The third-order valence-electron chi connectivity index (χ3n) is 4.54. The van der Waals surface area contributed by atoms with Gasteiger partial charge in [0.25, 0.3) is 11.8 Å². The number of carbonyl (C=O) groups is 3. The van der Waals surface area contributed by atoms with Crippen LogP contribution < -0.4 is 15.0 Å². The number of urea groups is 1. The maximum absolute atomic E-state index is 13.0. The number of carbonyl (C=O) groups excluding carboxylic acids is 3. The molecule has 0 atom stereocenters. The minimum Gasteiger partial charge on any atom is -0.497 e. The van der Waals surface area contributed by atoms with Gasteiger partial charge in [-0.3, -0.25) is 14.9 Å². The van der Waals surface area contributed by atoms with Gasteiger partial charge in [0.2, 0.25) is 0 Å². The van der Waals surface area contributed by atoms with Crippen LogP contribution in [0, 0.1) is 0 Å². The number of anilines is 1. The molecular formula is C22H17N3O4. The smallest absolute Gasteiger partial charge is 0.335 e. The third-order valence-corrected chi connectivity index (χ3v) is 4.54. The summed E-state index contributed by atoms with van der Waals surface area (Å²) in [4.78, 5) is 38.6. The van der Waals surface area contributed by atoms with Crippen molar-refractivity contribution in [3.63, 3.8) is 0 Å². The average molecular weight is 387 g/mol. The molecule has 0 radical (unpaired) electrons. The topological polar surface area (TPSA) is 80.6 Å². The molecule has 0 unspecified atom stereocenters. The quantitative estimate of drug-likeness (QED) is 0.551. The van der Waals surface area contributed by atoms with Gasteiger partial charge < -0.3 is 9.30 Å². The number of nitrogens with zero attached hydrogens (tertiary/aromatic N) is 2. The highest BCUT2D eigenvalue weighted by Gasteiger charge is 2.37. The molecular weight excluding hydrogens is 370 g/mol. The second-order valence-corrected chi connectivity index (χ2v) is 6.29. The summed E-state index contributed by atoms with van der Waals surface area (Å²) in [6, 6.07) is 18.8. The van der Waals surface area contributed by atoms with Crippen molar-refractivity contribution in [2.75, 3.05) is 12.0 Å². The second kappa shape index (κ2) is 7.47. The fourth-order valence-corrected chi connectivity index (χ4v) is 3.11. The van der Waals surface area contributed by atoms with Crippen molar-refractivity contribution >= 4 is 29.6 Å². The number of para-hydroxylation sites is 1. The molecule has 0 aliphatic carbocycles. The van der Waals surface area contributed by atoms with E-state index < -0.39 is 17.8 Å². The Morgan fingerprint density at radius 2 is 1.59 bits per heavy atom. The van der Waals surface area contributed by atoms with Gasteiger partial charge in [0.05, 0.1) is 12.8 Å². The number of rotatable bonds is 4. The third kappa shape index (κ3) is 3.41. The number of methoxy groups -OCH3 is 1. The number of imide groups is 2. The molecule has 0 spiro atoms. The molecule has 3 aromatic rings. The van der Waals surface area contributed by atoms with E-state index in [9.17, 15) is 14.4 Å². The van der Waals surface area contributed by atoms with Gasteiger partial charge in [-0.05, 0) is 54.6 Å². The highest BCUT2D eigenvalue weighted by molar-refractivity contribution is 6.39. The zero-order chi connectivity index (χ0) is 20.4. The summed E-state index contributed by atoms with van der Waals surface area (Å²) >= 11 is 0. The maximum Gasteiger partial charge on any atom is 0.335 e. The van der Waals surface area contributed by atoms with Crippen LogP contribution in [0.4, 0.5) is 10.5 Å². The lowest BCUT2D eigenvalue weighted by atomic mass is 10.1. The van der Waals surface area contributed by atoms with E-state index in [1.165, 1.54) is 13.2 Å². The Morgan fingerprint density at radius 1 is 0.862 bits per heavy atom. The summed E-state index contributed by atoms with van der Waals surface area (Å²) in [7, 11) is 1.52. The van der Waals surface area contributed by atoms with Crippen molar-refractivity contribution in [3.05, 3.63) is 84.2 Å². The molecule has 1 N–H and O–H groups in total. The minimum atomic E-state index is -0.791. The standard InChI is InChI=1S/C22H17N3O4/c1-29-18-11-9-16(10-12-18)25-21(27)19(20(26)23-22(25)28)14-17-8-5-13-24(17)15-6-3-2-4-7-15/h2-14H,1H3,(H,23,26,28). The van der Waals surface area contributed by atoms with Crippen LogP contribution >= 0.6 is 0 Å². The number of ether oxygens (including phenoxy) is 1. The Hall–Kier alpha value is -4.13. The van der Waals surface area contributed by atoms with Gasteiger partial charge >= 0.3 is 6.03 Å². The van der Waals surface area contributed by atoms with Gasteiger partial charge in [-0.15, -0.1) is 0 Å². The van der Waals surface area contributed by atoms with Crippen molar-refractivity contribution in [2.24, 2.45) is 0 Å². The summed E-state index contributed by atoms with van der Waals surface area (Å²) in [5.74, 6) is -0.832. The zero-order valence-electron chi connectivity index (χ0n) is 15.5. The molecule has 0 saturated carbocycles. The van der Waals surface area contributed by atoms with Crippen LogP contribution in [0.15, 0.2) is 78.5 Å². The van der Waals surface area contributed by atoms with Gasteiger partial charge in [-0.1, -0.05) is 18.2 Å². The molecule has 29 heavy (non-hydrogen) atoms. The first kappa shape index (κ1) is 18.2. The Balaban J connectivity index is 1.72.